The molecule has 4 nitrogen and oxygen atoms in total. The predicted octanol–water partition coefficient (Wildman–Crippen LogP) is 3.12. The van der Waals surface area contributed by atoms with Gasteiger partial charge in [0.25, 0.3) is 5.91 Å². The molecule has 2 aromatic heterocycles. The molecule has 4 heteroatoms. The third kappa shape index (κ3) is 2.45. The molecular formula is C16H16N2O2. The molecule has 2 heterocycles. The van der Waals surface area contributed by atoms with Gasteiger partial charge >= 0.3 is 0 Å². The van der Waals surface area contributed by atoms with Crippen LogP contribution in [0.4, 0.5) is 0 Å². The molecule has 2 N–H and O–H groups in total. The van der Waals surface area contributed by atoms with Crippen molar-refractivity contribution in [1.29, 1.82) is 0 Å². The molecule has 1 atom stereocenters. The van der Waals surface area contributed by atoms with Crippen molar-refractivity contribution < 1.29 is 9.21 Å². The molecule has 0 spiro atoms. The average molecular weight is 268 g/mol. The van der Waals surface area contributed by atoms with Crippen LogP contribution in [0.5, 0.6) is 0 Å². The van der Waals surface area contributed by atoms with Crippen molar-refractivity contribution >= 4 is 16.8 Å². The molecule has 0 bridgehead atoms. The highest BCUT2D eigenvalue weighted by atomic mass is 16.3. The number of rotatable bonds is 4. The van der Waals surface area contributed by atoms with E-state index in [1.807, 2.05) is 31.3 Å². The van der Waals surface area contributed by atoms with Crippen LogP contribution in [0, 0.1) is 0 Å². The van der Waals surface area contributed by atoms with Crippen molar-refractivity contribution in [3.8, 4) is 0 Å². The van der Waals surface area contributed by atoms with Crippen molar-refractivity contribution in [2.45, 2.75) is 19.4 Å². The summed E-state index contributed by atoms with van der Waals surface area (Å²) in [5.41, 5.74) is 2.32. The molecule has 0 aliphatic carbocycles. The van der Waals surface area contributed by atoms with Crippen molar-refractivity contribution in [3.05, 3.63) is 60.2 Å². The van der Waals surface area contributed by atoms with E-state index in [0.29, 0.717) is 5.76 Å². The number of benzene rings is 1. The molecule has 0 unspecified atom stereocenters. The standard InChI is InChI=1S/C16H16N2O2/c1-11(18-16(19)15-7-4-8-20-15)9-12-10-17-14-6-3-2-5-13(12)14/h2-8,10-11,17H,9H2,1H3,(H,18,19)/t11-/m1/s1. The number of nitrogens with one attached hydrogen (secondary N) is 2. The second-order valence-electron chi connectivity index (χ2n) is 4.92. The zero-order chi connectivity index (χ0) is 13.9. The van der Waals surface area contributed by atoms with Gasteiger partial charge in [0, 0.05) is 23.1 Å². The Morgan fingerprint density at radius 2 is 2.15 bits per heavy atom. The summed E-state index contributed by atoms with van der Waals surface area (Å²) in [7, 11) is 0. The maximum Gasteiger partial charge on any atom is 0.287 e. The molecule has 3 aromatic rings. The van der Waals surface area contributed by atoms with E-state index in [-0.39, 0.29) is 11.9 Å². The van der Waals surface area contributed by atoms with Gasteiger partial charge in [0.1, 0.15) is 0 Å². The van der Waals surface area contributed by atoms with Crippen molar-refractivity contribution in [2.24, 2.45) is 0 Å². The summed E-state index contributed by atoms with van der Waals surface area (Å²) in [6.07, 6.45) is 4.27. The number of carbonyl (C=O) groups is 1. The number of hydrogen-bond acceptors (Lipinski definition) is 2. The summed E-state index contributed by atoms with van der Waals surface area (Å²) in [5.74, 6) is 0.165. The molecular weight excluding hydrogens is 252 g/mol. The number of aromatic amines is 1. The van der Waals surface area contributed by atoms with Crippen LogP contribution in [0.2, 0.25) is 0 Å². The smallest absolute Gasteiger partial charge is 0.287 e. The van der Waals surface area contributed by atoms with E-state index in [0.717, 1.165) is 11.9 Å². The molecule has 0 aliphatic rings. The second kappa shape index (κ2) is 5.25. The lowest BCUT2D eigenvalue weighted by Crippen LogP contribution is -2.33. The Hall–Kier alpha value is -2.49. The minimum Gasteiger partial charge on any atom is -0.459 e. The SMILES string of the molecule is C[C@H](Cc1c[nH]c2ccccc12)NC(=O)c1ccco1. The Balaban J connectivity index is 1.70. The normalized spacial score (nSPS) is 12.4. The number of furan rings is 1. The van der Waals surface area contributed by atoms with Crippen molar-refractivity contribution in [1.82, 2.24) is 10.3 Å². The maximum atomic E-state index is 11.9. The number of para-hydroxylation sites is 1. The highest BCUT2D eigenvalue weighted by molar-refractivity contribution is 5.91. The zero-order valence-corrected chi connectivity index (χ0v) is 11.2. The molecule has 0 fully saturated rings. The first-order chi connectivity index (χ1) is 9.74. The Labute approximate surface area is 116 Å². The van der Waals surface area contributed by atoms with Crippen LogP contribution in [-0.2, 0) is 6.42 Å². The Bertz CT molecular complexity index is 713. The lowest BCUT2D eigenvalue weighted by Gasteiger charge is -2.12. The highest BCUT2D eigenvalue weighted by Gasteiger charge is 2.13. The summed E-state index contributed by atoms with van der Waals surface area (Å²) in [6, 6.07) is 11.6. The van der Waals surface area contributed by atoms with E-state index >= 15 is 0 Å². The maximum absolute atomic E-state index is 11.9. The number of aromatic nitrogens is 1. The minimum absolute atomic E-state index is 0.0341. The second-order valence-corrected chi connectivity index (χ2v) is 4.92. The van der Waals surface area contributed by atoms with Crippen LogP contribution in [0.1, 0.15) is 23.0 Å². The molecule has 0 aliphatic heterocycles. The molecule has 0 radical (unpaired) electrons. The molecule has 20 heavy (non-hydrogen) atoms. The number of fused-ring (bicyclic) bond motifs is 1. The van der Waals surface area contributed by atoms with E-state index in [4.69, 9.17) is 4.42 Å². The van der Waals surface area contributed by atoms with Crippen LogP contribution >= 0.6 is 0 Å². The van der Waals surface area contributed by atoms with Gasteiger partial charge in [0.2, 0.25) is 0 Å². The van der Waals surface area contributed by atoms with Crippen LogP contribution in [0.25, 0.3) is 10.9 Å². The summed E-state index contributed by atoms with van der Waals surface area (Å²) < 4.78 is 5.08. The van der Waals surface area contributed by atoms with Gasteiger partial charge in [-0.1, -0.05) is 18.2 Å². The molecule has 0 saturated heterocycles. The predicted molar refractivity (Wildman–Crippen MR) is 77.6 cm³/mol. The van der Waals surface area contributed by atoms with Gasteiger partial charge in [-0.25, -0.2) is 0 Å². The third-order valence-electron chi connectivity index (χ3n) is 3.32. The first-order valence-corrected chi connectivity index (χ1v) is 6.63. The van der Waals surface area contributed by atoms with E-state index in [9.17, 15) is 4.79 Å². The van der Waals surface area contributed by atoms with Crippen molar-refractivity contribution in [3.63, 3.8) is 0 Å². The van der Waals surface area contributed by atoms with Crippen LogP contribution in [0.15, 0.2) is 53.3 Å². The summed E-state index contributed by atoms with van der Waals surface area (Å²) in [5, 5.41) is 4.14. The van der Waals surface area contributed by atoms with Gasteiger partial charge in [0.05, 0.1) is 6.26 Å². The molecule has 1 aromatic carbocycles. The van der Waals surface area contributed by atoms with E-state index < -0.39 is 0 Å². The Kier molecular flexibility index (Phi) is 3.29. The summed E-state index contributed by atoms with van der Waals surface area (Å²) in [4.78, 5) is 15.1. The van der Waals surface area contributed by atoms with Crippen LogP contribution < -0.4 is 5.32 Å². The molecule has 1 amide bonds. The minimum atomic E-state index is -0.178. The van der Waals surface area contributed by atoms with Crippen LogP contribution in [0.3, 0.4) is 0 Å². The molecule has 0 saturated carbocycles. The van der Waals surface area contributed by atoms with Crippen molar-refractivity contribution in [2.75, 3.05) is 0 Å². The first kappa shape index (κ1) is 12.5. The quantitative estimate of drug-likeness (QED) is 0.763. The van der Waals surface area contributed by atoms with Gasteiger partial charge < -0.3 is 14.7 Å². The fraction of sp³-hybridized carbons (Fsp3) is 0.188. The topological polar surface area (TPSA) is 58.0 Å². The van der Waals surface area contributed by atoms with E-state index in [1.54, 1.807) is 12.1 Å². The lowest BCUT2D eigenvalue weighted by molar-refractivity contribution is 0.0912. The molecule has 3 rings (SSSR count). The fourth-order valence-electron chi connectivity index (χ4n) is 2.38. The number of carbonyl (C=O) groups excluding carboxylic acids is 1. The monoisotopic (exact) mass is 268 g/mol. The van der Waals surface area contributed by atoms with Gasteiger partial charge in [-0.05, 0) is 37.1 Å². The van der Waals surface area contributed by atoms with Gasteiger partial charge in [-0.2, -0.15) is 0 Å². The summed E-state index contributed by atoms with van der Waals surface area (Å²) >= 11 is 0. The van der Waals surface area contributed by atoms with E-state index in [1.165, 1.54) is 17.2 Å². The fourth-order valence-corrected chi connectivity index (χ4v) is 2.38. The lowest BCUT2D eigenvalue weighted by atomic mass is 10.1. The average Bonchev–Trinajstić information content (AvgIpc) is 3.09. The highest BCUT2D eigenvalue weighted by Crippen LogP contribution is 2.19. The van der Waals surface area contributed by atoms with Gasteiger partial charge in [-0.3, -0.25) is 4.79 Å². The largest absolute Gasteiger partial charge is 0.459 e. The Morgan fingerprint density at radius 3 is 2.95 bits per heavy atom. The zero-order valence-electron chi connectivity index (χ0n) is 11.2. The van der Waals surface area contributed by atoms with E-state index in [2.05, 4.69) is 16.4 Å². The van der Waals surface area contributed by atoms with Gasteiger partial charge in [-0.15, -0.1) is 0 Å². The number of H-pyrrole nitrogens is 1. The number of amides is 1. The first-order valence-electron chi connectivity index (χ1n) is 6.63. The number of hydrogen-bond donors (Lipinski definition) is 2. The van der Waals surface area contributed by atoms with Gasteiger partial charge in [0.15, 0.2) is 5.76 Å². The molecule has 102 valence electrons. The Morgan fingerprint density at radius 1 is 1.30 bits per heavy atom. The van der Waals surface area contributed by atoms with Crippen LogP contribution in [-0.4, -0.2) is 16.9 Å². The third-order valence-corrected chi connectivity index (χ3v) is 3.32. The summed E-state index contributed by atoms with van der Waals surface area (Å²) in [6.45, 7) is 1.99.